The van der Waals surface area contributed by atoms with Gasteiger partial charge in [0.15, 0.2) is 0 Å². The van der Waals surface area contributed by atoms with E-state index < -0.39 is 5.92 Å². The molecule has 1 aromatic heterocycles. The number of pyridine rings is 1. The largest absolute Gasteiger partial charge is 0.253 e. The molecule has 1 saturated carbocycles. The molecular formula is C16H17F2N. The van der Waals surface area contributed by atoms with Crippen LogP contribution in [0.4, 0.5) is 8.78 Å². The van der Waals surface area contributed by atoms with Crippen molar-refractivity contribution in [3.05, 3.63) is 41.6 Å². The van der Waals surface area contributed by atoms with Crippen LogP contribution < -0.4 is 0 Å². The lowest BCUT2D eigenvalue weighted by atomic mass is 9.83. The minimum absolute atomic E-state index is 0.0239. The summed E-state index contributed by atoms with van der Waals surface area (Å²) in [6.45, 7) is 2.02. The van der Waals surface area contributed by atoms with Gasteiger partial charge in [0, 0.05) is 29.8 Å². The molecule has 3 rings (SSSR count). The van der Waals surface area contributed by atoms with Gasteiger partial charge in [-0.3, -0.25) is 4.98 Å². The van der Waals surface area contributed by atoms with E-state index in [4.69, 9.17) is 0 Å². The average molecular weight is 261 g/mol. The number of hydrogen-bond acceptors (Lipinski definition) is 1. The van der Waals surface area contributed by atoms with E-state index in [0.717, 1.165) is 28.6 Å². The Morgan fingerprint density at radius 3 is 2.84 bits per heavy atom. The first-order chi connectivity index (χ1) is 9.05. The second kappa shape index (κ2) is 4.55. The Labute approximate surface area is 111 Å². The van der Waals surface area contributed by atoms with E-state index in [2.05, 4.69) is 4.98 Å². The van der Waals surface area contributed by atoms with Gasteiger partial charge in [0.25, 0.3) is 0 Å². The lowest BCUT2D eigenvalue weighted by molar-refractivity contribution is -0.0412. The van der Waals surface area contributed by atoms with Gasteiger partial charge in [-0.15, -0.1) is 0 Å². The number of halogens is 2. The summed E-state index contributed by atoms with van der Waals surface area (Å²) in [7, 11) is 0. The lowest BCUT2D eigenvalue weighted by Gasteiger charge is -2.28. The summed E-state index contributed by atoms with van der Waals surface area (Å²) in [5.74, 6) is -2.63. The third-order valence-electron chi connectivity index (χ3n) is 4.00. The summed E-state index contributed by atoms with van der Waals surface area (Å²) in [5.41, 5.74) is 2.86. The topological polar surface area (TPSA) is 12.9 Å². The van der Waals surface area contributed by atoms with Crippen LogP contribution in [0.25, 0.3) is 10.9 Å². The van der Waals surface area contributed by atoms with Crippen molar-refractivity contribution in [1.29, 1.82) is 0 Å². The standard InChI is InChI=1S/C16H17F2N/c1-11-9-15(12-5-4-8-16(17,18)10-12)19-14-7-3-2-6-13(11)14/h2-3,6-7,9,12H,4-5,8,10H2,1H3. The number of nitrogens with zero attached hydrogens (tertiary/aromatic N) is 1. The van der Waals surface area contributed by atoms with E-state index in [1.54, 1.807) is 0 Å². The van der Waals surface area contributed by atoms with Gasteiger partial charge in [-0.2, -0.15) is 0 Å². The molecule has 1 aliphatic carbocycles. The minimum atomic E-state index is -2.52. The van der Waals surface area contributed by atoms with Crippen LogP contribution in [0.15, 0.2) is 30.3 Å². The highest BCUT2D eigenvalue weighted by molar-refractivity contribution is 5.82. The van der Waals surface area contributed by atoms with Crippen LogP contribution in [-0.2, 0) is 0 Å². The Morgan fingerprint density at radius 1 is 1.26 bits per heavy atom. The SMILES string of the molecule is Cc1cc(C2CCCC(F)(F)C2)nc2ccccc12. The van der Waals surface area contributed by atoms with Crippen LogP contribution in [0.3, 0.4) is 0 Å². The van der Waals surface area contributed by atoms with Crippen molar-refractivity contribution in [1.82, 2.24) is 4.98 Å². The molecule has 19 heavy (non-hydrogen) atoms. The normalized spacial score (nSPS) is 22.6. The number of benzene rings is 1. The second-order valence-corrected chi connectivity index (χ2v) is 5.53. The minimum Gasteiger partial charge on any atom is -0.253 e. The van der Waals surface area contributed by atoms with Crippen molar-refractivity contribution in [3.8, 4) is 0 Å². The summed E-state index contributed by atoms with van der Waals surface area (Å²) in [5, 5.41) is 1.11. The molecule has 100 valence electrons. The molecule has 1 aromatic carbocycles. The van der Waals surface area contributed by atoms with Gasteiger partial charge in [-0.25, -0.2) is 8.78 Å². The number of alkyl halides is 2. The van der Waals surface area contributed by atoms with Crippen molar-refractivity contribution in [3.63, 3.8) is 0 Å². The summed E-state index contributed by atoms with van der Waals surface area (Å²) in [6.07, 6.45) is 1.37. The highest BCUT2D eigenvalue weighted by atomic mass is 19.3. The fraction of sp³-hybridized carbons (Fsp3) is 0.438. The Kier molecular flexibility index (Phi) is 3.00. The van der Waals surface area contributed by atoms with E-state index in [9.17, 15) is 8.78 Å². The van der Waals surface area contributed by atoms with Crippen molar-refractivity contribution in [2.45, 2.75) is 44.4 Å². The summed E-state index contributed by atoms with van der Waals surface area (Å²) in [4.78, 5) is 4.59. The van der Waals surface area contributed by atoms with Gasteiger partial charge in [0.1, 0.15) is 0 Å². The third kappa shape index (κ3) is 2.46. The maximum Gasteiger partial charge on any atom is 0.248 e. The molecular weight excluding hydrogens is 244 g/mol. The number of aryl methyl sites for hydroxylation is 1. The fourth-order valence-corrected chi connectivity index (χ4v) is 3.01. The van der Waals surface area contributed by atoms with Crippen molar-refractivity contribution < 1.29 is 8.78 Å². The molecule has 1 atom stereocenters. The summed E-state index contributed by atoms with van der Waals surface area (Å²) in [6, 6.07) is 9.87. The monoisotopic (exact) mass is 261 g/mol. The van der Waals surface area contributed by atoms with Crippen LogP contribution in [0, 0.1) is 6.92 Å². The first kappa shape index (κ1) is 12.5. The third-order valence-corrected chi connectivity index (χ3v) is 4.00. The van der Waals surface area contributed by atoms with Gasteiger partial charge < -0.3 is 0 Å². The van der Waals surface area contributed by atoms with Crippen LogP contribution in [0.1, 0.15) is 42.9 Å². The van der Waals surface area contributed by atoms with Gasteiger partial charge in [0.2, 0.25) is 5.92 Å². The first-order valence-electron chi connectivity index (χ1n) is 6.79. The zero-order valence-corrected chi connectivity index (χ0v) is 11.0. The van der Waals surface area contributed by atoms with Crippen molar-refractivity contribution >= 4 is 10.9 Å². The predicted octanol–water partition coefficient (Wildman–Crippen LogP) is 4.84. The van der Waals surface area contributed by atoms with Crippen LogP contribution in [0.2, 0.25) is 0 Å². The van der Waals surface area contributed by atoms with E-state index in [0.29, 0.717) is 6.42 Å². The van der Waals surface area contributed by atoms with Crippen LogP contribution in [0.5, 0.6) is 0 Å². The maximum absolute atomic E-state index is 13.5. The molecule has 1 heterocycles. The molecule has 0 radical (unpaired) electrons. The summed E-state index contributed by atoms with van der Waals surface area (Å²) < 4.78 is 27.1. The fourth-order valence-electron chi connectivity index (χ4n) is 3.01. The van der Waals surface area contributed by atoms with Crippen LogP contribution in [-0.4, -0.2) is 10.9 Å². The zero-order valence-electron chi connectivity index (χ0n) is 11.0. The number of para-hydroxylation sites is 1. The summed E-state index contributed by atoms with van der Waals surface area (Å²) >= 11 is 0. The molecule has 0 aliphatic heterocycles. The number of hydrogen-bond donors (Lipinski definition) is 0. The molecule has 0 N–H and O–H groups in total. The Morgan fingerprint density at radius 2 is 2.05 bits per heavy atom. The Hall–Kier alpha value is -1.51. The predicted molar refractivity (Wildman–Crippen MR) is 72.6 cm³/mol. The quantitative estimate of drug-likeness (QED) is 0.716. The average Bonchev–Trinajstić information content (AvgIpc) is 2.37. The van der Waals surface area contributed by atoms with Gasteiger partial charge >= 0.3 is 0 Å². The zero-order chi connectivity index (χ0) is 13.5. The molecule has 1 aliphatic rings. The van der Waals surface area contributed by atoms with Gasteiger partial charge in [0.05, 0.1) is 5.52 Å². The first-order valence-corrected chi connectivity index (χ1v) is 6.79. The number of fused-ring (bicyclic) bond motifs is 1. The van der Waals surface area contributed by atoms with Gasteiger partial charge in [-0.1, -0.05) is 18.2 Å². The molecule has 1 nitrogen and oxygen atoms in total. The highest BCUT2D eigenvalue weighted by Gasteiger charge is 2.37. The van der Waals surface area contributed by atoms with E-state index >= 15 is 0 Å². The maximum atomic E-state index is 13.5. The second-order valence-electron chi connectivity index (χ2n) is 5.53. The van der Waals surface area contributed by atoms with E-state index in [1.165, 1.54) is 0 Å². The number of aromatic nitrogens is 1. The molecule has 0 amide bonds. The molecule has 1 fully saturated rings. The smallest absolute Gasteiger partial charge is 0.248 e. The highest BCUT2D eigenvalue weighted by Crippen LogP contribution is 2.41. The Balaban J connectivity index is 2.01. The van der Waals surface area contributed by atoms with Gasteiger partial charge in [-0.05, 0) is 37.5 Å². The van der Waals surface area contributed by atoms with Crippen LogP contribution >= 0.6 is 0 Å². The molecule has 3 heteroatoms. The molecule has 1 unspecified atom stereocenters. The number of rotatable bonds is 1. The van der Waals surface area contributed by atoms with Crippen molar-refractivity contribution in [2.75, 3.05) is 0 Å². The molecule has 2 aromatic rings. The van der Waals surface area contributed by atoms with E-state index in [1.807, 2.05) is 37.3 Å². The molecule has 0 bridgehead atoms. The van der Waals surface area contributed by atoms with Crippen molar-refractivity contribution in [2.24, 2.45) is 0 Å². The molecule has 0 saturated heterocycles. The lowest BCUT2D eigenvalue weighted by Crippen LogP contribution is -2.25. The molecule has 0 spiro atoms. The van der Waals surface area contributed by atoms with E-state index in [-0.39, 0.29) is 18.8 Å². The Bertz CT molecular complexity index is 607.